The van der Waals surface area contributed by atoms with Gasteiger partial charge in [0, 0.05) is 17.5 Å². The van der Waals surface area contributed by atoms with Gasteiger partial charge in [0.05, 0.1) is 12.1 Å². The van der Waals surface area contributed by atoms with E-state index in [0.29, 0.717) is 41.5 Å². The predicted octanol–water partition coefficient (Wildman–Crippen LogP) is 3.19. The molecule has 0 fully saturated rings. The molecule has 8 heteroatoms. The Morgan fingerprint density at radius 3 is 2.45 bits per heavy atom. The van der Waals surface area contributed by atoms with E-state index in [2.05, 4.69) is 5.32 Å². The molecule has 3 rings (SSSR count). The monoisotopic (exact) mass is 425 g/mol. The Morgan fingerprint density at radius 1 is 1.00 bits per heavy atom. The van der Waals surface area contributed by atoms with Crippen molar-refractivity contribution in [1.82, 2.24) is 0 Å². The molecule has 0 saturated heterocycles. The molecule has 8 nitrogen and oxygen atoms in total. The fourth-order valence-electron chi connectivity index (χ4n) is 3.02. The quantitative estimate of drug-likeness (QED) is 0.511. The lowest BCUT2D eigenvalue weighted by atomic mass is 10.1. The number of para-hydroxylation sites is 1. The Hall–Kier alpha value is -3.68. The van der Waals surface area contributed by atoms with E-state index in [4.69, 9.17) is 14.2 Å². The zero-order valence-corrected chi connectivity index (χ0v) is 17.3. The van der Waals surface area contributed by atoms with Crippen LogP contribution in [0.15, 0.2) is 42.5 Å². The lowest BCUT2D eigenvalue weighted by Crippen LogP contribution is -2.30. The van der Waals surface area contributed by atoms with Crippen molar-refractivity contribution in [1.29, 1.82) is 0 Å². The minimum Gasteiger partial charge on any atom is -0.486 e. The van der Waals surface area contributed by atoms with Crippen LogP contribution in [0.4, 0.5) is 5.69 Å². The molecule has 2 aromatic carbocycles. The molecular weight excluding hydrogens is 402 g/mol. The molecule has 1 aliphatic rings. The summed E-state index contributed by atoms with van der Waals surface area (Å²) in [6.45, 7) is 3.69. The maximum absolute atomic E-state index is 12.4. The molecule has 0 spiro atoms. The number of hydrogen-bond donors (Lipinski definition) is 1. The van der Waals surface area contributed by atoms with E-state index in [1.54, 1.807) is 42.5 Å². The number of amides is 1. The van der Waals surface area contributed by atoms with E-state index in [1.165, 1.54) is 13.8 Å². The van der Waals surface area contributed by atoms with Gasteiger partial charge >= 0.3 is 5.97 Å². The molecule has 0 aliphatic carbocycles. The van der Waals surface area contributed by atoms with Crippen molar-refractivity contribution < 1.29 is 33.4 Å². The first-order chi connectivity index (χ1) is 14.8. The van der Waals surface area contributed by atoms with Gasteiger partial charge < -0.3 is 19.5 Å². The van der Waals surface area contributed by atoms with Crippen molar-refractivity contribution >= 4 is 29.1 Å². The number of Topliss-reactive ketones (excluding diaryl/α,β-unsaturated/α-hetero) is 2. The van der Waals surface area contributed by atoms with Crippen LogP contribution in [0.3, 0.4) is 0 Å². The molecule has 162 valence electrons. The van der Waals surface area contributed by atoms with Crippen LogP contribution in [0.25, 0.3) is 0 Å². The number of rotatable bonds is 8. The van der Waals surface area contributed by atoms with Crippen molar-refractivity contribution in [3.8, 4) is 11.5 Å². The highest BCUT2D eigenvalue weighted by Crippen LogP contribution is 2.31. The maximum Gasteiger partial charge on any atom is 0.307 e. The molecule has 1 heterocycles. The van der Waals surface area contributed by atoms with Gasteiger partial charge in [-0.2, -0.15) is 0 Å². The van der Waals surface area contributed by atoms with Crippen molar-refractivity contribution in [2.45, 2.75) is 32.8 Å². The van der Waals surface area contributed by atoms with Gasteiger partial charge in [0.15, 0.2) is 29.2 Å². The average Bonchev–Trinajstić information content (AvgIpc) is 2.77. The second kappa shape index (κ2) is 9.88. The van der Waals surface area contributed by atoms with E-state index < -0.39 is 18.0 Å². The third-order valence-corrected chi connectivity index (χ3v) is 4.66. The fourth-order valence-corrected chi connectivity index (χ4v) is 3.02. The Kier molecular flexibility index (Phi) is 7.02. The molecule has 0 bridgehead atoms. The van der Waals surface area contributed by atoms with Crippen molar-refractivity contribution in [2.75, 3.05) is 18.5 Å². The standard InChI is InChI=1S/C23H23NO7/c1-14(25)17-5-3-4-6-18(17)24-23(28)15(2)31-22(27)10-8-19(26)16-7-9-20-21(13-16)30-12-11-29-20/h3-7,9,13,15H,8,10-12H2,1-2H3,(H,24,28). The van der Waals surface area contributed by atoms with Gasteiger partial charge in [-0.1, -0.05) is 12.1 Å². The first-order valence-corrected chi connectivity index (χ1v) is 9.88. The Morgan fingerprint density at radius 2 is 1.71 bits per heavy atom. The molecule has 1 unspecified atom stereocenters. The van der Waals surface area contributed by atoms with Crippen LogP contribution in [0, 0.1) is 0 Å². The van der Waals surface area contributed by atoms with E-state index in [1.807, 2.05) is 0 Å². The summed E-state index contributed by atoms with van der Waals surface area (Å²) in [6, 6.07) is 11.4. The summed E-state index contributed by atoms with van der Waals surface area (Å²) in [5.41, 5.74) is 1.11. The SMILES string of the molecule is CC(=O)c1ccccc1NC(=O)C(C)OC(=O)CCC(=O)c1ccc2c(c1)OCCO2. The highest BCUT2D eigenvalue weighted by atomic mass is 16.6. The number of ether oxygens (including phenoxy) is 3. The second-order valence-electron chi connectivity index (χ2n) is 7.00. The first-order valence-electron chi connectivity index (χ1n) is 9.88. The summed E-state index contributed by atoms with van der Waals surface area (Å²) in [5.74, 6) is -0.613. The number of esters is 1. The minimum absolute atomic E-state index is 0.0695. The Labute approximate surface area is 179 Å². The summed E-state index contributed by atoms with van der Waals surface area (Å²) in [7, 11) is 0. The molecule has 0 radical (unpaired) electrons. The summed E-state index contributed by atoms with van der Waals surface area (Å²) in [6.07, 6.45) is -1.33. The molecule has 2 aromatic rings. The first kappa shape index (κ1) is 22.0. The Balaban J connectivity index is 1.50. The van der Waals surface area contributed by atoms with Crippen LogP contribution in [-0.2, 0) is 14.3 Å². The fraction of sp³-hybridized carbons (Fsp3) is 0.304. The number of fused-ring (bicyclic) bond motifs is 1. The van der Waals surface area contributed by atoms with Gasteiger partial charge in [-0.05, 0) is 44.2 Å². The molecular formula is C23H23NO7. The topological polar surface area (TPSA) is 108 Å². The molecule has 1 aliphatic heterocycles. The number of carbonyl (C=O) groups excluding carboxylic acids is 4. The average molecular weight is 425 g/mol. The molecule has 1 amide bonds. The summed E-state index contributed by atoms with van der Waals surface area (Å²) in [5, 5.41) is 2.59. The normalized spacial score (nSPS) is 13.1. The summed E-state index contributed by atoms with van der Waals surface area (Å²) < 4.78 is 16.0. The van der Waals surface area contributed by atoms with Crippen LogP contribution in [-0.4, -0.2) is 42.8 Å². The third-order valence-electron chi connectivity index (χ3n) is 4.66. The van der Waals surface area contributed by atoms with Gasteiger partial charge in [0.25, 0.3) is 5.91 Å². The van der Waals surface area contributed by atoms with Crippen LogP contribution in [0.1, 0.15) is 47.4 Å². The molecule has 1 N–H and O–H groups in total. The van der Waals surface area contributed by atoms with E-state index in [9.17, 15) is 19.2 Å². The predicted molar refractivity (Wildman–Crippen MR) is 112 cm³/mol. The smallest absolute Gasteiger partial charge is 0.307 e. The van der Waals surface area contributed by atoms with Crippen LogP contribution in [0.2, 0.25) is 0 Å². The van der Waals surface area contributed by atoms with Gasteiger partial charge in [-0.25, -0.2) is 0 Å². The van der Waals surface area contributed by atoms with Crippen molar-refractivity contribution in [2.24, 2.45) is 0 Å². The number of nitrogens with one attached hydrogen (secondary N) is 1. The molecule has 31 heavy (non-hydrogen) atoms. The summed E-state index contributed by atoms with van der Waals surface area (Å²) >= 11 is 0. The highest BCUT2D eigenvalue weighted by molar-refractivity contribution is 6.05. The molecule has 0 aromatic heterocycles. The van der Waals surface area contributed by atoms with Crippen LogP contribution < -0.4 is 14.8 Å². The lowest BCUT2D eigenvalue weighted by Gasteiger charge is -2.18. The van der Waals surface area contributed by atoms with Crippen LogP contribution in [0.5, 0.6) is 11.5 Å². The largest absolute Gasteiger partial charge is 0.486 e. The minimum atomic E-state index is -1.09. The molecule has 1 atom stereocenters. The van der Waals surface area contributed by atoms with Crippen molar-refractivity contribution in [3.63, 3.8) is 0 Å². The number of ketones is 2. The third kappa shape index (κ3) is 5.69. The zero-order valence-electron chi connectivity index (χ0n) is 17.3. The van der Waals surface area contributed by atoms with Gasteiger partial charge in [-0.15, -0.1) is 0 Å². The van der Waals surface area contributed by atoms with E-state index in [0.717, 1.165) is 0 Å². The summed E-state index contributed by atoms with van der Waals surface area (Å²) in [4.78, 5) is 48.5. The molecule has 0 saturated carbocycles. The highest BCUT2D eigenvalue weighted by Gasteiger charge is 2.21. The van der Waals surface area contributed by atoms with Crippen molar-refractivity contribution in [3.05, 3.63) is 53.6 Å². The van der Waals surface area contributed by atoms with Gasteiger partial charge in [0.2, 0.25) is 0 Å². The lowest BCUT2D eigenvalue weighted by molar-refractivity contribution is -0.153. The second-order valence-corrected chi connectivity index (χ2v) is 7.00. The number of carbonyl (C=O) groups is 4. The maximum atomic E-state index is 12.4. The zero-order chi connectivity index (χ0) is 22.4. The number of hydrogen-bond acceptors (Lipinski definition) is 7. The van der Waals surface area contributed by atoms with Gasteiger partial charge in [-0.3, -0.25) is 19.2 Å². The van der Waals surface area contributed by atoms with Crippen LogP contribution >= 0.6 is 0 Å². The number of anilines is 1. The van der Waals surface area contributed by atoms with E-state index in [-0.39, 0.29) is 24.4 Å². The van der Waals surface area contributed by atoms with Gasteiger partial charge in [0.1, 0.15) is 13.2 Å². The number of benzene rings is 2. The van der Waals surface area contributed by atoms with E-state index >= 15 is 0 Å². The Bertz CT molecular complexity index is 1010.